The minimum atomic E-state index is 0.172. The van der Waals surface area contributed by atoms with Crippen LogP contribution in [0.2, 0.25) is 0 Å². The fourth-order valence-corrected chi connectivity index (χ4v) is 1.07. The van der Waals surface area contributed by atoms with E-state index in [1.54, 1.807) is 0 Å². The van der Waals surface area contributed by atoms with Gasteiger partial charge in [0.1, 0.15) is 6.79 Å². The van der Waals surface area contributed by atoms with Crippen LogP contribution < -0.4 is 0 Å². The fraction of sp³-hybridized carbons (Fsp3) is 1.00. The molecule has 66 valence electrons. The minimum absolute atomic E-state index is 0.172. The van der Waals surface area contributed by atoms with Gasteiger partial charge in [0.2, 0.25) is 0 Å². The first-order chi connectivity index (χ1) is 4.96. The number of hydrogen-bond acceptors (Lipinski definition) is 2. The molecule has 2 nitrogen and oxygen atoms in total. The van der Waals surface area contributed by atoms with E-state index >= 15 is 0 Å². The van der Waals surface area contributed by atoms with Crippen LogP contribution in [0.25, 0.3) is 0 Å². The molecule has 11 heavy (non-hydrogen) atoms. The molecule has 1 aliphatic heterocycles. The Morgan fingerprint density at radius 2 is 1.55 bits per heavy atom. The Bertz CT molecular complexity index is 129. The van der Waals surface area contributed by atoms with Crippen LogP contribution in [-0.4, -0.2) is 20.0 Å². The second-order valence-corrected chi connectivity index (χ2v) is 4.63. The van der Waals surface area contributed by atoms with Crippen molar-refractivity contribution in [3.8, 4) is 0 Å². The zero-order chi connectivity index (χ0) is 8.54. The van der Waals surface area contributed by atoms with Crippen molar-refractivity contribution in [1.29, 1.82) is 0 Å². The van der Waals surface area contributed by atoms with Gasteiger partial charge in [0, 0.05) is 5.41 Å². The van der Waals surface area contributed by atoms with Crippen LogP contribution in [0.5, 0.6) is 0 Å². The highest BCUT2D eigenvalue weighted by Gasteiger charge is 2.39. The molecular formula is C9H18O2. The molecule has 0 unspecified atom stereocenters. The molecule has 0 N–H and O–H groups in total. The standard InChI is InChI=1S/C9H18O2/c1-8(2,3)9(4)5-10-7-11-6-9/h5-7H2,1-4H3. The lowest BCUT2D eigenvalue weighted by atomic mass is 9.69. The predicted octanol–water partition coefficient (Wildman–Crippen LogP) is 2.04. The summed E-state index contributed by atoms with van der Waals surface area (Å²) >= 11 is 0. The second kappa shape index (κ2) is 2.76. The van der Waals surface area contributed by atoms with E-state index in [1.165, 1.54) is 0 Å². The Morgan fingerprint density at radius 3 is 1.82 bits per heavy atom. The molecular weight excluding hydrogens is 140 g/mol. The Kier molecular flexibility index (Phi) is 2.26. The van der Waals surface area contributed by atoms with Crippen LogP contribution in [-0.2, 0) is 9.47 Å². The molecule has 0 spiro atoms. The van der Waals surface area contributed by atoms with Crippen LogP contribution in [0.3, 0.4) is 0 Å². The number of ether oxygens (including phenoxy) is 2. The third-order valence-electron chi connectivity index (χ3n) is 2.82. The molecule has 0 atom stereocenters. The summed E-state index contributed by atoms with van der Waals surface area (Å²) in [7, 11) is 0. The lowest BCUT2D eigenvalue weighted by Gasteiger charge is -2.43. The highest BCUT2D eigenvalue weighted by Crippen LogP contribution is 2.40. The Hall–Kier alpha value is -0.0800. The summed E-state index contributed by atoms with van der Waals surface area (Å²) in [6.07, 6.45) is 0. The van der Waals surface area contributed by atoms with Gasteiger partial charge in [0.15, 0.2) is 0 Å². The van der Waals surface area contributed by atoms with Gasteiger partial charge in [-0.1, -0.05) is 27.7 Å². The van der Waals surface area contributed by atoms with Crippen molar-refractivity contribution in [2.75, 3.05) is 20.0 Å². The maximum Gasteiger partial charge on any atom is 0.146 e. The van der Waals surface area contributed by atoms with Crippen molar-refractivity contribution in [3.63, 3.8) is 0 Å². The number of rotatable bonds is 0. The average Bonchev–Trinajstić information content (AvgIpc) is 1.87. The lowest BCUT2D eigenvalue weighted by Crippen LogP contribution is -2.44. The molecule has 0 aromatic heterocycles. The molecule has 1 aliphatic rings. The average molecular weight is 158 g/mol. The fourth-order valence-electron chi connectivity index (χ4n) is 1.07. The topological polar surface area (TPSA) is 18.5 Å². The molecule has 0 aliphatic carbocycles. The molecule has 2 heteroatoms. The molecule has 0 amide bonds. The van der Waals surface area contributed by atoms with E-state index in [4.69, 9.17) is 9.47 Å². The highest BCUT2D eigenvalue weighted by atomic mass is 16.7. The third kappa shape index (κ3) is 1.74. The maximum absolute atomic E-state index is 5.29. The predicted molar refractivity (Wildman–Crippen MR) is 44.3 cm³/mol. The van der Waals surface area contributed by atoms with E-state index in [2.05, 4.69) is 27.7 Å². The van der Waals surface area contributed by atoms with Gasteiger partial charge in [-0.3, -0.25) is 0 Å². The van der Waals surface area contributed by atoms with Crippen molar-refractivity contribution in [2.45, 2.75) is 27.7 Å². The monoisotopic (exact) mass is 158 g/mol. The summed E-state index contributed by atoms with van der Waals surface area (Å²) in [5, 5.41) is 0. The van der Waals surface area contributed by atoms with Gasteiger partial charge in [0.25, 0.3) is 0 Å². The molecule has 0 bridgehead atoms. The van der Waals surface area contributed by atoms with Crippen LogP contribution in [0.15, 0.2) is 0 Å². The smallest absolute Gasteiger partial charge is 0.146 e. The van der Waals surface area contributed by atoms with Gasteiger partial charge in [-0.2, -0.15) is 0 Å². The summed E-state index contributed by atoms with van der Waals surface area (Å²) in [6.45, 7) is 11.0. The maximum atomic E-state index is 5.29. The molecule has 1 heterocycles. The Balaban J connectivity index is 2.64. The zero-order valence-corrected chi connectivity index (χ0v) is 7.94. The molecule has 1 fully saturated rings. The third-order valence-corrected chi connectivity index (χ3v) is 2.82. The van der Waals surface area contributed by atoms with Crippen LogP contribution in [0.1, 0.15) is 27.7 Å². The summed E-state index contributed by atoms with van der Waals surface area (Å²) in [5.41, 5.74) is 0.429. The first-order valence-corrected chi connectivity index (χ1v) is 4.11. The van der Waals surface area contributed by atoms with E-state index in [0.717, 1.165) is 13.2 Å². The van der Waals surface area contributed by atoms with Gasteiger partial charge in [0.05, 0.1) is 13.2 Å². The van der Waals surface area contributed by atoms with Gasteiger partial charge in [-0.25, -0.2) is 0 Å². The largest absolute Gasteiger partial charge is 0.355 e. The number of hydrogen-bond donors (Lipinski definition) is 0. The second-order valence-electron chi connectivity index (χ2n) is 4.63. The van der Waals surface area contributed by atoms with Crippen molar-refractivity contribution in [3.05, 3.63) is 0 Å². The van der Waals surface area contributed by atoms with Crippen LogP contribution in [0, 0.1) is 10.8 Å². The van der Waals surface area contributed by atoms with Crippen LogP contribution >= 0.6 is 0 Å². The first kappa shape index (κ1) is 9.01. The van der Waals surface area contributed by atoms with Crippen LogP contribution in [0.4, 0.5) is 0 Å². The van der Waals surface area contributed by atoms with Gasteiger partial charge < -0.3 is 9.47 Å². The summed E-state index contributed by atoms with van der Waals surface area (Å²) in [5.74, 6) is 0. The van der Waals surface area contributed by atoms with Gasteiger partial charge in [-0.05, 0) is 5.41 Å². The van der Waals surface area contributed by atoms with E-state index in [0.29, 0.717) is 6.79 Å². The molecule has 0 aromatic carbocycles. The summed E-state index contributed by atoms with van der Waals surface area (Å²) in [6, 6.07) is 0. The Labute approximate surface area is 68.9 Å². The summed E-state index contributed by atoms with van der Waals surface area (Å²) in [4.78, 5) is 0. The van der Waals surface area contributed by atoms with Crippen molar-refractivity contribution in [2.24, 2.45) is 10.8 Å². The quantitative estimate of drug-likeness (QED) is 0.537. The van der Waals surface area contributed by atoms with E-state index in [9.17, 15) is 0 Å². The van der Waals surface area contributed by atoms with E-state index in [-0.39, 0.29) is 10.8 Å². The van der Waals surface area contributed by atoms with Gasteiger partial charge in [-0.15, -0.1) is 0 Å². The molecule has 0 radical (unpaired) electrons. The van der Waals surface area contributed by atoms with E-state index in [1.807, 2.05) is 0 Å². The normalized spacial score (nSPS) is 25.1. The van der Waals surface area contributed by atoms with Crippen molar-refractivity contribution < 1.29 is 9.47 Å². The first-order valence-electron chi connectivity index (χ1n) is 4.11. The Morgan fingerprint density at radius 1 is 1.09 bits per heavy atom. The van der Waals surface area contributed by atoms with Crippen molar-refractivity contribution >= 4 is 0 Å². The molecule has 0 aromatic rings. The lowest BCUT2D eigenvalue weighted by molar-refractivity contribution is -0.188. The zero-order valence-electron chi connectivity index (χ0n) is 7.94. The highest BCUT2D eigenvalue weighted by molar-refractivity contribution is 4.87. The minimum Gasteiger partial charge on any atom is -0.355 e. The van der Waals surface area contributed by atoms with E-state index < -0.39 is 0 Å². The summed E-state index contributed by atoms with van der Waals surface area (Å²) < 4.78 is 10.6. The van der Waals surface area contributed by atoms with Crippen molar-refractivity contribution in [1.82, 2.24) is 0 Å². The molecule has 1 rings (SSSR count). The SMILES string of the molecule is CC(C)(C)C1(C)COCOC1. The van der Waals surface area contributed by atoms with Gasteiger partial charge >= 0.3 is 0 Å². The molecule has 0 saturated carbocycles. The molecule has 1 saturated heterocycles.